The molecule has 1 aromatic rings. The van der Waals surface area contributed by atoms with Gasteiger partial charge in [0.05, 0.1) is 0 Å². The molecule has 1 heterocycles. The van der Waals surface area contributed by atoms with Crippen molar-refractivity contribution in [3.63, 3.8) is 0 Å². The first-order valence-corrected chi connectivity index (χ1v) is 5.04. The summed E-state index contributed by atoms with van der Waals surface area (Å²) in [5, 5.41) is 11.8. The molecule has 0 radical (unpaired) electrons. The summed E-state index contributed by atoms with van der Waals surface area (Å²) < 4.78 is 0. The Hall–Kier alpha value is -1.63. The molecular formula is C11H16N4. The van der Waals surface area contributed by atoms with Crippen molar-refractivity contribution in [2.45, 2.75) is 27.2 Å². The molecule has 0 aromatic carbocycles. The number of nitrogens with zero attached hydrogens (tertiary/aromatic N) is 3. The smallest absolute Gasteiger partial charge is 0.223 e. The minimum Gasteiger partial charge on any atom is -0.354 e. The summed E-state index contributed by atoms with van der Waals surface area (Å²) in [6.45, 7) is 7.30. The first kappa shape index (κ1) is 11.4. The number of nitrogens with one attached hydrogen (secondary N) is 1. The Morgan fingerprint density at radius 1 is 1.53 bits per heavy atom. The largest absolute Gasteiger partial charge is 0.354 e. The number of anilines is 1. The molecule has 0 aliphatic carbocycles. The molecule has 0 aliphatic heterocycles. The Labute approximate surface area is 90.4 Å². The van der Waals surface area contributed by atoms with E-state index in [1.165, 1.54) is 0 Å². The van der Waals surface area contributed by atoms with Crippen LogP contribution in [0.1, 0.15) is 32.9 Å². The molecule has 15 heavy (non-hydrogen) atoms. The van der Waals surface area contributed by atoms with E-state index >= 15 is 0 Å². The third-order valence-electron chi connectivity index (χ3n) is 2.45. The summed E-state index contributed by atoms with van der Waals surface area (Å²) in [7, 11) is 0. The van der Waals surface area contributed by atoms with Crippen molar-refractivity contribution in [3.8, 4) is 6.07 Å². The standard InChI is InChI=1S/C11H16N4/c1-4-11(2,3)8-14-10-13-6-5-9(7-12)15-10/h5-6H,4,8H2,1-3H3,(H,13,14,15). The third kappa shape index (κ3) is 3.55. The zero-order valence-corrected chi connectivity index (χ0v) is 9.41. The van der Waals surface area contributed by atoms with Gasteiger partial charge in [-0.3, -0.25) is 0 Å². The maximum atomic E-state index is 8.67. The van der Waals surface area contributed by atoms with Gasteiger partial charge in [-0.25, -0.2) is 9.97 Å². The summed E-state index contributed by atoms with van der Waals surface area (Å²) >= 11 is 0. The van der Waals surface area contributed by atoms with E-state index in [1.54, 1.807) is 12.3 Å². The normalized spacial score (nSPS) is 10.8. The van der Waals surface area contributed by atoms with Crippen LogP contribution < -0.4 is 5.32 Å². The van der Waals surface area contributed by atoms with Crippen molar-refractivity contribution in [1.29, 1.82) is 5.26 Å². The van der Waals surface area contributed by atoms with E-state index in [0.29, 0.717) is 11.6 Å². The molecule has 0 bridgehead atoms. The topological polar surface area (TPSA) is 61.6 Å². The number of nitriles is 1. The van der Waals surface area contributed by atoms with E-state index in [2.05, 4.69) is 36.1 Å². The highest BCUT2D eigenvalue weighted by atomic mass is 15.1. The molecule has 0 amide bonds. The first-order valence-electron chi connectivity index (χ1n) is 5.04. The van der Waals surface area contributed by atoms with E-state index in [1.807, 2.05) is 6.07 Å². The van der Waals surface area contributed by atoms with Gasteiger partial charge in [0.25, 0.3) is 0 Å². The molecule has 0 atom stereocenters. The maximum absolute atomic E-state index is 8.67. The lowest BCUT2D eigenvalue weighted by Gasteiger charge is -2.22. The van der Waals surface area contributed by atoms with Crippen LogP contribution in [0.25, 0.3) is 0 Å². The lowest BCUT2D eigenvalue weighted by molar-refractivity contribution is 0.376. The molecule has 0 spiro atoms. The Morgan fingerprint density at radius 3 is 2.87 bits per heavy atom. The van der Waals surface area contributed by atoms with Crippen molar-refractivity contribution >= 4 is 5.95 Å². The molecular weight excluding hydrogens is 188 g/mol. The van der Waals surface area contributed by atoms with Gasteiger partial charge < -0.3 is 5.32 Å². The Morgan fingerprint density at radius 2 is 2.27 bits per heavy atom. The highest BCUT2D eigenvalue weighted by molar-refractivity contribution is 5.30. The van der Waals surface area contributed by atoms with Crippen LogP contribution in [0.2, 0.25) is 0 Å². The van der Waals surface area contributed by atoms with Gasteiger partial charge in [-0.05, 0) is 17.9 Å². The van der Waals surface area contributed by atoms with Crippen LogP contribution in [-0.4, -0.2) is 16.5 Å². The van der Waals surface area contributed by atoms with Gasteiger partial charge in [-0.1, -0.05) is 20.8 Å². The third-order valence-corrected chi connectivity index (χ3v) is 2.45. The van der Waals surface area contributed by atoms with Gasteiger partial charge in [0, 0.05) is 12.7 Å². The lowest BCUT2D eigenvalue weighted by Crippen LogP contribution is -2.23. The minimum atomic E-state index is 0.214. The van der Waals surface area contributed by atoms with Crippen molar-refractivity contribution in [3.05, 3.63) is 18.0 Å². The van der Waals surface area contributed by atoms with E-state index in [9.17, 15) is 0 Å². The fourth-order valence-electron chi connectivity index (χ4n) is 0.949. The maximum Gasteiger partial charge on any atom is 0.223 e. The van der Waals surface area contributed by atoms with Crippen LogP contribution >= 0.6 is 0 Å². The van der Waals surface area contributed by atoms with Gasteiger partial charge in [0.1, 0.15) is 11.8 Å². The quantitative estimate of drug-likeness (QED) is 0.816. The molecule has 80 valence electrons. The number of hydrogen-bond acceptors (Lipinski definition) is 4. The summed E-state index contributed by atoms with van der Waals surface area (Å²) in [4.78, 5) is 8.10. The average Bonchev–Trinajstić information content (AvgIpc) is 2.27. The second-order valence-corrected chi connectivity index (χ2v) is 4.25. The van der Waals surface area contributed by atoms with Crippen LogP contribution in [0.15, 0.2) is 12.3 Å². The van der Waals surface area contributed by atoms with Gasteiger partial charge >= 0.3 is 0 Å². The molecule has 4 heteroatoms. The second kappa shape index (κ2) is 4.74. The SMILES string of the molecule is CCC(C)(C)CNc1nccc(C#N)n1. The first-order chi connectivity index (χ1) is 7.07. The molecule has 0 fully saturated rings. The summed E-state index contributed by atoms with van der Waals surface area (Å²) in [6, 6.07) is 3.58. The van der Waals surface area contributed by atoms with E-state index < -0.39 is 0 Å². The molecule has 4 nitrogen and oxygen atoms in total. The van der Waals surface area contributed by atoms with Crippen molar-refractivity contribution in [1.82, 2.24) is 9.97 Å². The number of hydrogen-bond donors (Lipinski definition) is 1. The predicted octanol–water partition coefficient (Wildman–Crippen LogP) is 2.20. The lowest BCUT2D eigenvalue weighted by atomic mass is 9.90. The Kier molecular flexibility index (Phi) is 3.62. The fourth-order valence-corrected chi connectivity index (χ4v) is 0.949. The van der Waals surface area contributed by atoms with Gasteiger partial charge in [0.2, 0.25) is 5.95 Å². The van der Waals surface area contributed by atoms with Crippen LogP contribution in [0, 0.1) is 16.7 Å². The van der Waals surface area contributed by atoms with Crippen LogP contribution in [0.5, 0.6) is 0 Å². The second-order valence-electron chi connectivity index (χ2n) is 4.25. The van der Waals surface area contributed by atoms with E-state index in [-0.39, 0.29) is 5.41 Å². The van der Waals surface area contributed by atoms with Crippen molar-refractivity contribution in [2.24, 2.45) is 5.41 Å². The Balaban J connectivity index is 2.62. The highest BCUT2D eigenvalue weighted by Gasteiger charge is 2.14. The molecule has 0 unspecified atom stereocenters. The number of aromatic nitrogens is 2. The summed E-state index contributed by atoms with van der Waals surface area (Å²) in [5.74, 6) is 0.524. The average molecular weight is 204 g/mol. The van der Waals surface area contributed by atoms with E-state index in [4.69, 9.17) is 5.26 Å². The van der Waals surface area contributed by atoms with Gasteiger partial charge in [-0.15, -0.1) is 0 Å². The summed E-state index contributed by atoms with van der Waals surface area (Å²) in [6.07, 6.45) is 2.67. The molecule has 0 saturated carbocycles. The fraction of sp³-hybridized carbons (Fsp3) is 0.545. The summed E-state index contributed by atoms with van der Waals surface area (Å²) in [5.41, 5.74) is 0.605. The molecule has 1 aromatic heterocycles. The minimum absolute atomic E-state index is 0.214. The Bertz CT molecular complexity index is 365. The van der Waals surface area contributed by atoms with Crippen molar-refractivity contribution in [2.75, 3.05) is 11.9 Å². The monoisotopic (exact) mass is 204 g/mol. The zero-order valence-electron chi connectivity index (χ0n) is 9.41. The highest BCUT2D eigenvalue weighted by Crippen LogP contribution is 2.19. The van der Waals surface area contributed by atoms with Crippen LogP contribution in [0.3, 0.4) is 0 Å². The molecule has 0 aliphatic rings. The van der Waals surface area contributed by atoms with Gasteiger partial charge in [-0.2, -0.15) is 5.26 Å². The predicted molar refractivity (Wildman–Crippen MR) is 59.3 cm³/mol. The van der Waals surface area contributed by atoms with Crippen molar-refractivity contribution < 1.29 is 0 Å². The molecule has 1 N–H and O–H groups in total. The van der Waals surface area contributed by atoms with Crippen LogP contribution in [0.4, 0.5) is 5.95 Å². The van der Waals surface area contributed by atoms with Gasteiger partial charge in [0.15, 0.2) is 0 Å². The zero-order chi connectivity index (χ0) is 11.3. The number of rotatable bonds is 4. The molecule has 1 rings (SSSR count). The molecule has 0 saturated heterocycles. The van der Waals surface area contributed by atoms with E-state index in [0.717, 1.165) is 13.0 Å². The van der Waals surface area contributed by atoms with Crippen LogP contribution in [-0.2, 0) is 0 Å².